The molecule has 1 aromatic heterocycles. The van der Waals surface area contributed by atoms with Crippen LogP contribution in [0.3, 0.4) is 0 Å². The summed E-state index contributed by atoms with van der Waals surface area (Å²) in [6, 6.07) is 48.6. The summed E-state index contributed by atoms with van der Waals surface area (Å²) >= 11 is 19.8. The van der Waals surface area contributed by atoms with E-state index in [1.165, 1.54) is 39.4 Å². The lowest BCUT2D eigenvalue weighted by atomic mass is 9.83. The number of rotatable bonds is 3. The summed E-state index contributed by atoms with van der Waals surface area (Å²) in [5, 5.41) is 20.8. The molecular formula is C49H39Cl3N6OS. The first-order valence-corrected chi connectivity index (χ1v) is 22.2. The van der Waals surface area contributed by atoms with Gasteiger partial charge in [0.25, 0.3) is 0 Å². The van der Waals surface area contributed by atoms with Crippen molar-refractivity contribution in [2.45, 2.75) is 24.3 Å². The van der Waals surface area contributed by atoms with E-state index in [2.05, 4.69) is 63.6 Å². The van der Waals surface area contributed by atoms with Crippen LogP contribution in [-0.4, -0.2) is 40.0 Å². The Morgan fingerprint density at radius 2 is 1.10 bits per heavy atom. The second kappa shape index (κ2) is 16.9. The molecule has 298 valence electrons. The summed E-state index contributed by atoms with van der Waals surface area (Å²) in [7, 11) is 0. The number of aromatic nitrogens is 2. The van der Waals surface area contributed by atoms with Crippen LogP contribution >= 0.6 is 46.6 Å². The van der Waals surface area contributed by atoms with Crippen LogP contribution in [0.2, 0.25) is 15.1 Å². The third-order valence-corrected chi connectivity index (χ3v) is 13.3. The van der Waals surface area contributed by atoms with E-state index in [0.29, 0.717) is 18.4 Å². The largest absolute Gasteiger partial charge is 0.488 e. The molecule has 0 bridgehead atoms. The van der Waals surface area contributed by atoms with Crippen molar-refractivity contribution >= 4 is 69.4 Å². The third-order valence-electron chi connectivity index (χ3n) is 11.3. The predicted octanol–water partition coefficient (Wildman–Crippen LogP) is 12.5. The van der Waals surface area contributed by atoms with E-state index in [1.807, 2.05) is 120 Å². The predicted molar refractivity (Wildman–Crippen MR) is 248 cm³/mol. The van der Waals surface area contributed by atoms with Crippen molar-refractivity contribution in [1.82, 2.24) is 9.78 Å². The average molecular weight is 866 g/mol. The molecule has 0 saturated heterocycles. The lowest BCUT2D eigenvalue weighted by molar-refractivity contribution is 0.302. The topological polar surface area (TPSA) is 58.2 Å². The summed E-state index contributed by atoms with van der Waals surface area (Å²) < 4.78 is 7.61. The minimum atomic E-state index is 0.519. The van der Waals surface area contributed by atoms with Gasteiger partial charge in [-0.15, -0.1) is 11.8 Å². The molecular weight excluding hydrogens is 827 g/mol. The number of ether oxygens (including phenoxy) is 1. The summed E-state index contributed by atoms with van der Waals surface area (Å²) in [4.78, 5) is 1.35. The maximum atomic E-state index is 5.95. The van der Waals surface area contributed by atoms with Gasteiger partial charge in [0, 0.05) is 66.0 Å². The van der Waals surface area contributed by atoms with Crippen LogP contribution in [0.15, 0.2) is 167 Å². The maximum absolute atomic E-state index is 5.95. The Balaban J connectivity index is 0.000000108. The van der Waals surface area contributed by atoms with Crippen LogP contribution in [-0.2, 0) is 13.0 Å². The van der Waals surface area contributed by atoms with Crippen molar-refractivity contribution in [1.29, 1.82) is 0 Å². The van der Waals surface area contributed by atoms with E-state index in [4.69, 9.17) is 49.7 Å². The molecule has 5 heterocycles. The van der Waals surface area contributed by atoms with Crippen LogP contribution in [0.1, 0.15) is 28.7 Å². The normalized spacial score (nSPS) is 17.7. The molecule has 1 aliphatic carbocycles. The molecule has 2 unspecified atom stereocenters. The van der Waals surface area contributed by atoms with Crippen molar-refractivity contribution < 1.29 is 4.74 Å². The van der Waals surface area contributed by atoms with Crippen LogP contribution in [0.5, 0.6) is 5.75 Å². The van der Waals surface area contributed by atoms with Gasteiger partial charge in [-0.2, -0.15) is 15.3 Å². The second-order valence-corrected chi connectivity index (χ2v) is 17.6. The first-order chi connectivity index (χ1) is 29.4. The standard InChI is InChI=1S/C17H15ClN2.C16H11ClN2O.C16H13ClN2S/c18-14-7-9-15(10-8-14)20-11-13-6-5-12-3-1-2-4-16(12)17(13)19-20;2*17-12-5-7-13(8-6-12)19-9-11-10-20-15-4-2-1-3-14(15)16(11)18-19/h1-4,7-10,13H,5-6,11H2;1-9H,10H2;1-8,11H,9-10H2. The molecule has 12 rings (SSSR count). The van der Waals surface area contributed by atoms with E-state index in [9.17, 15) is 0 Å². The molecule has 60 heavy (non-hydrogen) atoms. The van der Waals surface area contributed by atoms with Gasteiger partial charge in [-0.1, -0.05) is 89.4 Å². The van der Waals surface area contributed by atoms with Crippen molar-refractivity contribution in [2.75, 3.05) is 28.9 Å². The molecule has 0 radical (unpaired) electrons. The molecule has 0 saturated carbocycles. The molecule has 5 aliphatic rings. The van der Waals surface area contributed by atoms with Gasteiger partial charge in [0.15, 0.2) is 0 Å². The van der Waals surface area contributed by atoms with Crippen LogP contribution in [0.4, 0.5) is 11.4 Å². The van der Waals surface area contributed by atoms with E-state index in [0.717, 1.165) is 80.0 Å². The van der Waals surface area contributed by atoms with E-state index < -0.39 is 0 Å². The fourth-order valence-corrected chi connectivity index (χ4v) is 9.80. The monoisotopic (exact) mass is 864 g/mol. The van der Waals surface area contributed by atoms with E-state index in [1.54, 1.807) is 0 Å². The molecule has 0 fully saturated rings. The summed E-state index contributed by atoms with van der Waals surface area (Å²) in [6.07, 6.45) is 4.36. The Kier molecular flexibility index (Phi) is 10.9. The van der Waals surface area contributed by atoms with Gasteiger partial charge in [0.1, 0.15) is 18.1 Å². The van der Waals surface area contributed by atoms with Crippen molar-refractivity contribution in [3.05, 3.63) is 189 Å². The highest BCUT2D eigenvalue weighted by molar-refractivity contribution is 7.99. The molecule has 4 aliphatic heterocycles. The molecule has 0 N–H and O–H groups in total. The van der Waals surface area contributed by atoms with Gasteiger partial charge < -0.3 is 4.74 Å². The average Bonchev–Trinajstić information content (AvgIpc) is 4.06. The third kappa shape index (κ3) is 7.93. The number of benzene rings is 6. The minimum absolute atomic E-state index is 0.519. The second-order valence-electron chi connectivity index (χ2n) is 15.2. The van der Waals surface area contributed by atoms with Gasteiger partial charge >= 0.3 is 0 Å². The van der Waals surface area contributed by atoms with Gasteiger partial charge in [0.2, 0.25) is 0 Å². The van der Waals surface area contributed by atoms with Gasteiger partial charge in [-0.3, -0.25) is 10.0 Å². The zero-order valence-corrected chi connectivity index (χ0v) is 35.5. The molecule has 11 heteroatoms. The quantitative estimate of drug-likeness (QED) is 0.177. The molecule has 6 aromatic carbocycles. The highest BCUT2D eigenvalue weighted by atomic mass is 35.5. The van der Waals surface area contributed by atoms with Gasteiger partial charge in [-0.25, -0.2) is 4.68 Å². The van der Waals surface area contributed by atoms with Crippen LogP contribution in [0, 0.1) is 11.8 Å². The molecule has 0 spiro atoms. The molecule has 2 atom stereocenters. The lowest BCUT2D eigenvalue weighted by Gasteiger charge is -2.21. The Bertz CT molecular complexity index is 2610. The van der Waals surface area contributed by atoms with E-state index in [-0.39, 0.29) is 0 Å². The van der Waals surface area contributed by atoms with Crippen LogP contribution in [0.25, 0.3) is 16.9 Å². The van der Waals surface area contributed by atoms with Crippen LogP contribution < -0.4 is 14.8 Å². The summed E-state index contributed by atoms with van der Waals surface area (Å²) in [5.74, 6) is 3.08. The number of aryl methyl sites for hydroxylation is 1. The van der Waals surface area contributed by atoms with Crippen molar-refractivity contribution in [3.8, 4) is 22.7 Å². The molecule has 7 nitrogen and oxygen atoms in total. The Labute approximate surface area is 368 Å². The number of thioether (sulfide) groups is 1. The minimum Gasteiger partial charge on any atom is -0.488 e. The fraction of sp³-hybridized carbons (Fsp3) is 0.163. The van der Waals surface area contributed by atoms with E-state index >= 15 is 0 Å². The van der Waals surface area contributed by atoms with Gasteiger partial charge in [-0.05, 0) is 109 Å². The number of hydrazone groups is 2. The number of halogens is 3. The Morgan fingerprint density at radius 3 is 1.78 bits per heavy atom. The first kappa shape index (κ1) is 38.7. The summed E-state index contributed by atoms with van der Waals surface area (Å²) in [5.41, 5.74) is 12.9. The number of nitrogens with zero attached hydrogens (tertiary/aromatic N) is 6. The number of para-hydroxylation sites is 1. The number of hydrogen-bond donors (Lipinski definition) is 0. The zero-order chi connectivity index (χ0) is 40.6. The Hall–Kier alpha value is -5.51. The first-order valence-electron chi connectivity index (χ1n) is 20.0. The zero-order valence-electron chi connectivity index (χ0n) is 32.5. The number of hydrogen-bond acceptors (Lipinski definition) is 7. The number of anilines is 2. The SMILES string of the molecule is Clc1ccc(-n2cc3c(n2)-c2ccccc2OC3)cc1.Clc1ccc(N2CC3CCc4ccccc4C3=N2)cc1.Clc1ccc(N2CC3CSc4ccccc4C3=N2)cc1. The Morgan fingerprint density at radius 1 is 0.550 bits per heavy atom. The van der Waals surface area contributed by atoms with Gasteiger partial charge in [0.05, 0.1) is 41.6 Å². The number of fused-ring (bicyclic) bond motifs is 9. The highest BCUT2D eigenvalue weighted by Gasteiger charge is 2.34. The fourth-order valence-electron chi connectivity index (χ4n) is 8.28. The smallest absolute Gasteiger partial charge is 0.129 e. The molecule has 0 amide bonds. The molecule has 7 aromatic rings. The van der Waals surface area contributed by atoms with Crippen molar-refractivity contribution in [3.63, 3.8) is 0 Å². The highest BCUT2D eigenvalue weighted by Crippen LogP contribution is 2.39. The van der Waals surface area contributed by atoms with Crippen molar-refractivity contribution in [2.24, 2.45) is 22.0 Å². The lowest BCUT2D eigenvalue weighted by Crippen LogP contribution is -2.24. The maximum Gasteiger partial charge on any atom is 0.129 e. The summed E-state index contributed by atoms with van der Waals surface area (Å²) in [6.45, 7) is 2.49.